The van der Waals surface area contributed by atoms with Gasteiger partial charge in [-0.05, 0) is 30.0 Å². The maximum absolute atomic E-state index is 12.3. The van der Waals surface area contributed by atoms with Gasteiger partial charge in [-0.2, -0.15) is 0 Å². The SMILES string of the molecule is COc1ccc(CC(=O)N2CCC(C)C2CCl)cc1. The molecular weight excluding hydrogens is 262 g/mol. The maximum atomic E-state index is 12.3. The number of nitrogens with zero attached hydrogens (tertiary/aromatic N) is 1. The van der Waals surface area contributed by atoms with E-state index in [1.807, 2.05) is 29.2 Å². The van der Waals surface area contributed by atoms with Crippen molar-refractivity contribution in [1.29, 1.82) is 0 Å². The first-order chi connectivity index (χ1) is 9.15. The summed E-state index contributed by atoms with van der Waals surface area (Å²) >= 11 is 5.97. The molecule has 2 rings (SSSR count). The van der Waals surface area contributed by atoms with Crippen molar-refractivity contribution in [2.45, 2.75) is 25.8 Å². The van der Waals surface area contributed by atoms with Crippen molar-refractivity contribution in [3.63, 3.8) is 0 Å². The van der Waals surface area contributed by atoms with Gasteiger partial charge in [-0.25, -0.2) is 0 Å². The predicted molar refractivity (Wildman–Crippen MR) is 76.7 cm³/mol. The number of amides is 1. The molecule has 0 bridgehead atoms. The second-order valence-corrected chi connectivity index (χ2v) is 5.41. The molecule has 0 aromatic heterocycles. The number of benzene rings is 1. The fourth-order valence-electron chi connectivity index (χ4n) is 2.57. The van der Waals surface area contributed by atoms with Gasteiger partial charge in [0.2, 0.25) is 5.91 Å². The molecule has 104 valence electrons. The monoisotopic (exact) mass is 281 g/mol. The number of methoxy groups -OCH3 is 1. The molecule has 1 aromatic rings. The Balaban J connectivity index is 2.00. The smallest absolute Gasteiger partial charge is 0.227 e. The summed E-state index contributed by atoms with van der Waals surface area (Å²) in [5.74, 6) is 2.00. The fraction of sp³-hybridized carbons (Fsp3) is 0.533. The summed E-state index contributed by atoms with van der Waals surface area (Å²) in [7, 11) is 1.64. The summed E-state index contributed by atoms with van der Waals surface area (Å²) in [6, 6.07) is 7.83. The number of likely N-dealkylation sites (tertiary alicyclic amines) is 1. The van der Waals surface area contributed by atoms with Crippen molar-refractivity contribution in [2.24, 2.45) is 5.92 Å². The molecule has 0 spiro atoms. The van der Waals surface area contributed by atoms with Crippen molar-refractivity contribution in [2.75, 3.05) is 19.5 Å². The van der Waals surface area contributed by atoms with E-state index in [4.69, 9.17) is 16.3 Å². The Morgan fingerprint density at radius 2 is 2.11 bits per heavy atom. The van der Waals surface area contributed by atoms with Gasteiger partial charge in [-0.15, -0.1) is 11.6 Å². The number of carbonyl (C=O) groups is 1. The maximum Gasteiger partial charge on any atom is 0.227 e. The third-order valence-corrected chi connectivity index (χ3v) is 4.19. The third kappa shape index (κ3) is 3.21. The van der Waals surface area contributed by atoms with Crippen molar-refractivity contribution < 1.29 is 9.53 Å². The number of alkyl halides is 1. The largest absolute Gasteiger partial charge is 0.497 e. The standard InChI is InChI=1S/C15H20ClNO2/c1-11-7-8-17(14(11)10-16)15(18)9-12-3-5-13(19-2)6-4-12/h3-6,11,14H,7-10H2,1-2H3. The van der Waals surface area contributed by atoms with E-state index in [0.717, 1.165) is 24.3 Å². The highest BCUT2D eigenvalue weighted by Crippen LogP contribution is 2.25. The molecule has 0 radical (unpaired) electrons. The van der Waals surface area contributed by atoms with Crippen LogP contribution in [0.2, 0.25) is 0 Å². The third-order valence-electron chi connectivity index (χ3n) is 3.88. The summed E-state index contributed by atoms with van der Waals surface area (Å²) in [5.41, 5.74) is 1.01. The van der Waals surface area contributed by atoms with Crippen LogP contribution in [0.15, 0.2) is 24.3 Å². The molecule has 1 aromatic carbocycles. The van der Waals surface area contributed by atoms with Gasteiger partial charge >= 0.3 is 0 Å². The Hall–Kier alpha value is -1.22. The van der Waals surface area contributed by atoms with Crippen LogP contribution in [0.3, 0.4) is 0 Å². The van der Waals surface area contributed by atoms with Gasteiger partial charge in [0.05, 0.1) is 13.5 Å². The highest BCUT2D eigenvalue weighted by atomic mass is 35.5. The first-order valence-electron chi connectivity index (χ1n) is 6.64. The highest BCUT2D eigenvalue weighted by Gasteiger charge is 2.33. The summed E-state index contributed by atoms with van der Waals surface area (Å²) in [5, 5.41) is 0. The van der Waals surface area contributed by atoms with E-state index < -0.39 is 0 Å². The lowest BCUT2D eigenvalue weighted by molar-refractivity contribution is -0.131. The second-order valence-electron chi connectivity index (χ2n) is 5.10. The number of ether oxygens (including phenoxy) is 1. The first kappa shape index (κ1) is 14.2. The Morgan fingerprint density at radius 3 is 2.68 bits per heavy atom. The number of hydrogen-bond acceptors (Lipinski definition) is 2. The molecule has 0 aliphatic carbocycles. The molecule has 0 saturated carbocycles. The second kappa shape index (κ2) is 6.29. The lowest BCUT2D eigenvalue weighted by Gasteiger charge is -2.25. The van der Waals surface area contributed by atoms with Gasteiger partial charge in [0.25, 0.3) is 0 Å². The van der Waals surface area contributed by atoms with E-state index in [1.54, 1.807) is 7.11 Å². The van der Waals surface area contributed by atoms with Crippen LogP contribution in [0.5, 0.6) is 5.75 Å². The molecule has 1 heterocycles. The van der Waals surface area contributed by atoms with Gasteiger partial charge in [-0.1, -0.05) is 19.1 Å². The zero-order chi connectivity index (χ0) is 13.8. The predicted octanol–water partition coefficient (Wildman–Crippen LogP) is 2.71. The van der Waals surface area contributed by atoms with E-state index in [2.05, 4.69) is 6.92 Å². The Kier molecular flexibility index (Phi) is 4.70. The van der Waals surface area contributed by atoms with Crippen molar-refractivity contribution in [3.8, 4) is 5.75 Å². The van der Waals surface area contributed by atoms with E-state index in [-0.39, 0.29) is 11.9 Å². The summed E-state index contributed by atoms with van der Waals surface area (Å²) in [4.78, 5) is 14.3. The van der Waals surface area contributed by atoms with Crippen molar-refractivity contribution >= 4 is 17.5 Å². The zero-order valence-electron chi connectivity index (χ0n) is 11.4. The van der Waals surface area contributed by atoms with E-state index in [0.29, 0.717) is 18.2 Å². The molecule has 1 amide bonds. The topological polar surface area (TPSA) is 29.5 Å². The molecule has 1 aliphatic heterocycles. The van der Waals surface area contributed by atoms with Crippen LogP contribution >= 0.6 is 11.6 Å². The van der Waals surface area contributed by atoms with Crippen LogP contribution in [0.4, 0.5) is 0 Å². The van der Waals surface area contributed by atoms with E-state index >= 15 is 0 Å². The lowest BCUT2D eigenvalue weighted by atomic mass is 10.0. The van der Waals surface area contributed by atoms with Crippen LogP contribution in [0.1, 0.15) is 18.9 Å². The quantitative estimate of drug-likeness (QED) is 0.794. The molecule has 1 aliphatic rings. The number of halogens is 1. The minimum absolute atomic E-state index is 0.167. The Bertz CT molecular complexity index is 432. The molecule has 1 fully saturated rings. The van der Waals surface area contributed by atoms with Crippen LogP contribution in [-0.2, 0) is 11.2 Å². The molecule has 19 heavy (non-hydrogen) atoms. The van der Waals surface area contributed by atoms with Crippen LogP contribution in [0, 0.1) is 5.92 Å². The van der Waals surface area contributed by atoms with Gasteiger partial charge in [0.1, 0.15) is 5.75 Å². The Morgan fingerprint density at radius 1 is 1.42 bits per heavy atom. The van der Waals surface area contributed by atoms with Crippen LogP contribution < -0.4 is 4.74 Å². The molecule has 1 saturated heterocycles. The summed E-state index contributed by atoms with van der Waals surface area (Å²) in [6.07, 6.45) is 1.48. The Labute approximate surface area is 119 Å². The molecule has 0 N–H and O–H groups in total. The number of hydrogen-bond donors (Lipinski definition) is 0. The average molecular weight is 282 g/mol. The van der Waals surface area contributed by atoms with Gasteiger partial charge in [-0.3, -0.25) is 4.79 Å². The van der Waals surface area contributed by atoms with Crippen LogP contribution in [-0.4, -0.2) is 36.4 Å². The minimum atomic E-state index is 0.167. The number of rotatable bonds is 4. The van der Waals surface area contributed by atoms with Crippen LogP contribution in [0.25, 0.3) is 0 Å². The minimum Gasteiger partial charge on any atom is -0.497 e. The molecular formula is C15H20ClNO2. The highest BCUT2D eigenvalue weighted by molar-refractivity contribution is 6.18. The molecule has 3 nitrogen and oxygen atoms in total. The van der Waals surface area contributed by atoms with Gasteiger partial charge in [0.15, 0.2) is 0 Å². The first-order valence-corrected chi connectivity index (χ1v) is 7.17. The molecule has 2 atom stereocenters. The van der Waals surface area contributed by atoms with Crippen molar-refractivity contribution in [3.05, 3.63) is 29.8 Å². The van der Waals surface area contributed by atoms with Crippen molar-refractivity contribution in [1.82, 2.24) is 4.90 Å². The average Bonchev–Trinajstić information content (AvgIpc) is 2.80. The zero-order valence-corrected chi connectivity index (χ0v) is 12.2. The molecule has 4 heteroatoms. The lowest BCUT2D eigenvalue weighted by Crippen LogP contribution is -2.39. The molecule has 2 unspecified atom stereocenters. The van der Waals surface area contributed by atoms with E-state index in [9.17, 15) is 4.79 Å². The normalized spacial score (nSPS) is 22.6. The van der Waals surface area contributed by atoms with Gasteiger partial charge < -0.3 is 9.64 Å². The van der Waals surface area contributed by atoms with E-state index in [1.165, 1.54) is 0 Å². The summed E-state index contributed by atoms with van der Waals surface area (Å²) in [6.45, 7) is 2.99. The summed E-state index contributed by atoms with van der Waals surface area (Å²) < 4.78 is 5.11. The number of carbonyl (C=O) groups excluding carboxylic acids is 1. The van der Waals surface area contributed by atoms with Gasteiger partial charge in [0, 0.05) is 18.5 Å². The fourth-order valence-corrected chi connectivity index (χ4v) is 3.04.